The number of hydrogen-bond donors (Lipinski definition) is 0. The molecule has 0 N–H and O–H groups in total. The van der Waals surface area contributed by atoms with Crippen LogP contribution in [0.25, 0.3) is 0 Å². The Kier molecular flexibility index (Phi) is 2.90. The summed E-state index contributed by atoms with van der Waals surface area (Å²) in [7, 11) is 0. The van der Waals surface area contributed by atoms with Gasteiger partial charge in [-0.25, -0.2) is 0 Å². The van der Waals surface area contributed by atoms with E-state index in [2.05, 4.69) is 5.82 Å². The van der Waals surface area contributed by atoms with Crippen molar-refractivity contribution in [1.82, 2.24) is 0 Å². The fourth-order valence-electron chi connectivity index (χ4n) is 1.67. The van der Waals surface area contributed by atoms with Crippen molar-refractivity contribution in [1.29, 1.82) is 0 Å². The molecule has 1 aliphatic rings. The van der Waals surface area contributed by atoms with E-state index in [4.69, 9.17) is 4.74 Å². The molecule has 1 aromatic carbocycles. The van der Waals surface area contributed by atoms with Crippen molar-refractivity contribution in [2.45, 2.75) is 23.2 Å². The third-order valence-electron chi connectivity index (χ3n) is 2.39. The van der Waals surface area contributed by atoms with Crippen LogP contribution in [0.1, 0.15) is 18.1 Å². The maximum absolute atomic E-state index is 11.2. The molecule has 0 saturated carbocycles. The maximum atomic E-state index is 11.2. The minimum absolute atomic E-state index is 0.00806. The van der Waals surface area contributed by atoms with Gasteiger partial charge in [0.1, 0.15) is 0 Å². The summed E-state index contributed by atoms with van der Waals surface area (Å²) in [5.74, 6) is 2.11. The van der Waals surface area contributed by atoms with Crippen molar-refractivity contribution in [3.8, 4) is 0 Å². The van der Waals surface area contributed by atoms with Crippen molar-refractivity contribution in [3.05, 3.63) is 35.9 Å². The fourth-order valence-corrected chi connectivity index (χ4v) is 3.27. The second kappa shape index (κ2) is 4.16. The third kappa shape index (κ3) is 1.84. The number of ether oxygens (including phenoxy) is 1. The number of carbonyl (C=O) groups excluding carboxylic acids is 1. The Bertz CT molecular complexity index is 323. The van der Waals surface area contributed by atoms with E-state index in [9.17, 15) is 4.79 Å². The first kappa shape index (κ1) is 9.75. The van der Waals surface area contributed by atoms with E-state index in [-0.39, 0.29) is 12.1 Å². The molecule has 1 aromatic rings. The van der Waals surface area contributed by atoms with E-state index >= 15 is 0 Å². The van der Waals surface area contributed by atoms with E-state index in [0.717, 1.165) is 5.56 Å². The summed E-state index contributed by atoms with van der Waals surface area (Å²) in [4.78, 5) is 11.6. The van der Waals surface area contributed by atoms with Crippen LogP contribution in [0.2, 0.25) is 10.6 Å². The van der Waals surface area contributed by atoms with Crippen molar-refractivity contribution in [2.75, 3.05) is 0 Å². The van der Waals surface area contributed by atoms with Crippen molar-refractivity contribution in [3.63, 3.8) is 0 Å². The van der Waals surface area contributed by atoms with Crippen molar-refractivity contribution < 1.29 is 9.53 Å². The van der Waals surface area contributed by atoms with Gasteiger partial charge in [0.05, 0.1) is 0 Å². The van der Waals surface area contributed by atoms with Gasteiger partial charge in [0.25, 0.3) is 0 Å². The Labute approximate surface area is 89.8 Å². The zero-order chi connectivity index (χ0) is 9.97. The molecule has 1 heterocycles. The first-order chi connectivity index (χ1) is 6.81. The molecule has 74 valence electrons. The topological polar surface area (TPSA) is 26.3 Å². The summed E-state index contributed by atoms with van der Waals surface area (Å²) >= 11 is 0.465. The molecular weight excluding hydrogens is 243 g/mol. The van der Waals surface area contributed by atoms with Crippen LogP contribution in [0.15, 0.2) is 30.3 Å². The molecule has 2 unspecified atom stereocenters. The van der Waals surface area contributed by atoms with Gasteiger partial charge in [-0.05, 0) is 0 Å². The molecule has 1 fully saturated rings. The molecule has 1 saturated heterocycles. The minimum atomic E-state index is -0.0485. The summed E-state index contributed by atoms with van der Waals surface area (Å²) in [5.41, 5.74) is 1.13. The number of rotatable bonds is 2. The standard InChI is InChI=1S/C11H12O2Se/c1-14-9-7-10(12)13-11(9)8-5-3-2-4-6-8/h2-6,9,11H,7H2,1H3. The van der Waals surface area contributed by atoms with E-state index in [0.29, 0.717) is 26.2 Å². The zero-order valence-electron chi connectivity index (χ0n) is 7.97. The van der Waals surface area contributed by atoms with Crippen LogP contribution >= 0.6 is 0 Å². The van der Waals surface area contributed by atoms with Gasteiger partial charge >= 0.3 is 89.5 Å². The predicted octanol–water partition coefficient (Wildman–Crippen LogP) is 2.22. The molecule has 14 heavy (non-hydrogen) atoms. The summed E-state index contributed by atoms with van der Waals surface area (Å²) in [6.45, 7) is 0. The van der Waals surface area contributed by atoms with E-state index < -0.39 is 0 Å². The van der Waals surface area contributed by atoms with Crippen LogP contribution < -0.4 is 0 Å². The molecule has 2 nitrogen and oxygen atoms in total. The Morgan fingerprint density at radius 1 is 1.36 bits per heavy atom. The first-order valence-corrected chi connectivity index (χ1v) is 7.28. The third-order valence-corrected chi connectivity index (χ3v) is 4.53. The summed E-state index contributed by atoms with van der Waals surface area (Å²) in [6.07, 6.45) is 0.601. The van der Waals surface area contributed by atoms with Gasteiger partial charge in [-0.2, -0.15) is 0 Å². The summed E-state index contributed by atoms with van der Waals surface area (Å²) < 4.78 is 5.33. The van der Waals surface area contributed by atoms with Crippen molar-refractivity contribution >= 4 is 20.9 Å². The Hall–Kier alpha value is -0.791. The normalized spacial score (nSPS) is 26.2. The van der Waals surface area contributed by atoms with Crippen LogP contribution in [-0.4, -0.2) is 20.9 Å². The Morgan fingerprint density at radius 3 is 2.71 bits per heavy atom. The summed E-state index contributed by atoms with van der Waals surface area (Å²) in [5, 5.41) is 0. The SMILES string of the molecule is C[Se]C1CC(=O)OC1c1ccccc1. The van der Waals surface area contributed by atoms with E-state index in [1.807, 2.05) is 30.3 Å². The van der Waals surface area contributed by atoms with Crippen LogP contribution in [0.5, 0.6) is 0 Å². The van der Waals surface area contributed by atoms with Gasteiger partial charge in [0, 0.05) is 0 Å². The summed E-state index contributed by atoms with van der Waals surface area (Å²) in [6, 6.07) is 10.0. The second-order valence-corrected chi connectivity index (χ2v) is 5.56. The number of cyclic esters (lactones) is 1. The number of hydrogen-bond acceptors (Lipinski definition) is 2. The van der Waals surface area contributed by atoms with Crippen LogP contribution in [0.3, 0.4) is 0 Å². The molecule has 0 bridgehead atoms. The molecule has 0 aliphatic carbocycles. The van der Waals surface area contributed by atoms with Gasteiger partial charge in [-0.15, -0.1) is 0 Å². The van der Waals surface area contributed by atoms with Gasteiger partial charge in [0.2, 0.25) is 0 Å². The first-order valence-electron chi connectivity index (χ1n) is 4.58. The molecule has 2 rings (SSSR count). The Morgan fingerprint density at radius 2 is 2.07 bits per heavy atom. The molecule has 0 spiro atoms. The fraction of sp³-hybridized carbons (Fsp3) is 0.364. The number of benzene rings is 1. The van der Waals surface area contributed by atoms with Crippen LogP contribution in [-0.2, 0) is 9.53 Å². The van der Waals surface area contributed by atoms with Crippen LogP contribution in [0, 0.1) is 0 Å². The van der Waals surface area contributed by atoms with Gasteiger partial charge < -0.3 is 0 Å². The molecule has 1 aliphatic heterocycles. The zero-order valence-corrected chi connectivity index (χ0v) is 9.69. The Balaban J connectivity index is 2.22. The van der Waals surface area contributed by atoms with Gasteiger partial charge in [0.15, 0.2) is 0 Å². The average molecular weight is 255 g/mol. The predicted molar refractivity (Wildman–Crippen MR) is 55.3 cm³/mol. The number of carbonyl (C=O) groups is 1. The number of esters is 1. The molecule has 3 heteroatoms. The molecular formula is C11H12O2Se. The monoisotopic (exact) mass is 256 g/mol. The quantitative estimate of drug-likeness (QED) is 0.598. The molecule has 0 radical (unpaired) electrons. The average Bonchev–Trinajstić information content (AvgIpc) is 2.61. The van der Waals surface area contributed by atoms with Gasteiger partial charge in [-0.1, -0.05) is 0 Å². The molecule has 2 atom stereocenters. The molecule has 0 amide bonds. The van der Waals surface area contributed by atoms with Crippen LogP contribution in [0.4, 0.5) is 0 Å². The van der Waals surface area contributed by atoms with Gasteiger partial charge in [-0.3, -0.25) is 0 Å². The second-order valence-electron chi connectivity index (χ2n) is 3.30. The van der Waals surface area contributed by atoms with E-state index in [1.54, 1.807) is 0 Å². The molecule has 0 aromatic heterocycles. The van der Waals surface area contributed by atoms with E-state index in [1.165, 1.54) is 0 Å². The van der Waals surface area contributed by atoms with Crippen molar-refractivity contribution in [2.24, 2.45) is 0 Å².